The maximum atomic E-state index is 13.1. The lowest BCUT2D eigenvalue weighted by Gasteiger charge is -2.33. The van der Waals surface area contributed by atoms with Crippen LogP contribution < -0.4 is 5.32 Å². The van der Waals surface area contributed by atoms with Gasteiger partial charge in [-0.05, 0) is 54.4 Å². The van der Waals surface area contributed by atoms with Gasteiger partial charge in [0.25, 0.3) is 0 Å². The van der Waals surface area contributed by atoms with Crippen molar-refractivity contribution < 1.29 is 24.2 Å². The first-order valence-corrected chi connectivity index (χ1v) is 12.6. The van der Waals surface area contributed by atoms with Gasteiger partial charge in [0.15, 0.2) is 0 Å². The second-order valence-corrected chi connectivity index (χ2v) is 9.96. The monoisotopic (exact) mass is 476 g/mol. The first-order valence-electron chi connectivity index (χ1n) is 12.6. The number of fused-ring (bicyclic) bond motifs is 3. The number of carbonyl (C=O) groups excluding carboxylic acids is 2. The molecular weight excluding hydrogens is 444 g/mol. The van der Waals surface area contributed by atoms with E-state index in [1.165, 1.54) is 22.3 Å². The van der Waals surface area contributed by atoms with Crippen LogP contribution >= 0.6 is 0 Å². The highest BCUT2D eigenvalue weighted by atomic mass is 16.5. The molecule has 7 nitrogen and oxygen atoms in total. The Kier molecular flexibility index (Phi) is 6.75. The lowest BCUT2D eigenvalue weighted by Crippen LogP contribution is -2.45. The molecule has 2 aromatic carbocycles. The van der Waals surface area contributed by atoms with Gasteiger partial charge in [-0.25, -0.2) is 4.79 Å². The van der Waals surface area contributed by atoms with Crippen molar-refractivity contribution in [1.82, 2.24) is 10.2 Å². The Balaban J connectivity index is 1.17. The number of nitrogens with one attached hydrogen (secondary N) is 1. The minimum absolute atomic E-state index is 0.000111. The van der Waals surface area contributed by atoms with Crippen molar-refractivity contribution in [1.29, 1.82) is 0 Å². The van der Waals surface area contributed by atoms with Gasteiger partial charge in [-0.15, -0.1) is 0 Å². The average molecular weight is 477 g/mol. The fourth-order valence-corrected chi connectivity index (χ4v) is 6.13. The van der Waals surface area contributed by atoms with E-state index < -0.39 is 12.1 Å². The van der Waals surface area contributed by atoms with Gasteiger partial charge in [-0.3, -0.25) is 9.59 Å². The highest BCUT2D eigenvalue weighted by Gasteiger charge is 2.37. The highest BCUT2D eigenvalue weighted by molar-refractivity contribution is 5.81. The van der Waals surface area contributed by atoms with Crippen molar-refractivity contribution in [2.45, 2.75) is 62.9 Å². The zero-order valence-electron chi connectivity index (χ0n) is 19.8. The summed E-state index contributed by atoms with van der Waals surface area (Å²) in [6, 6.07) is 16.1. The number of alkyl carbamates (subject to hydrolysis) is 1. The number of nitrogens with zero attached hydrogens (tertiary/aromatic N) is 1. The summed E-state index contributed by atoms with van der Waals surface area (Å²) in [6.07, 6.45) is 4.14. The molecule has 2 aromatic rings. The summed E-state index contributed by atoms with van der Waals surface area (Å²) in [5.41, 5.74) is 4.72. The highest BCUT2D eigenvalue weighted by Crippen LogP contribution is 2.44. The molecule has 0 aromatic heterocycles. The number of hydrogen-bond acceptors (Lipinski definition) is 4. The maximum Gasteiger partial charge on any atom is 0.407 e. The lowest BCUT2D eigenvalue weighted by molar-refractivity contribution is -0.142. The van der Waals surface area contributed by atoms with E-state index in [-0.39, 0.29) is 42.9 Å². The lowest BCUT2D eigenvalue weighted by atomic mass is 9.84. The third-order valence-electron chi connectivity index (χ3n) is 7.76. The van der Waals surface area contributed by atoms with Gasteiger partial charge in [0.1, 0.15) is 6.61 Å². The molecular formula is C28H32N2O5. The van der Waals surface area contributed by atoms with Gasteiger partial charge in [0.05, 0.1) is 6.42 Å². The normalized spacial score (nSPS) is 23.4. The van der Waals surface area contributed by atoms with E-state index in [0.717, 1.165) is 32.1 Å². The van der Waals surface area contributed by atoms with E-state index in [1.54, 1.807) is 4.90 Å². The van der Waals surface area contributed by atoms with Crippen molar-refractivity contribution in [3.63, 3.8) is 0 Å². The largest absolute Gasteiger partial charge is 0.481 e. The molecule has 5 rings (SSSR count). The first kappa shape index (κ1) is 23.4. The van der Waals surface area contributed by atoms with Crippen molar-refractivity contribution >= 4 is 18.0 Å². The predicted molar refractivity (Wildman–Crippen MR) is 131 cm³/mol. The summed E-state index contributed by atoms with van der Waals surface area (Å²) in [5, 5.41) is 12.1. The van der Waals surface area contributed by atoms with Crippen LogP contribution in [0.4, 0.5) is 4.79 Å². The number of hydrogen-bond donors (Lipinski definition) is 2. The number of likely N-dealkylation sites (tertiary alicyclic amines) is 1. The van der Waals surface area contributed by atoms with Gasteiger partial charge in [-0.1, -0.05) is 55.0 Å². The average Bonchev–Trinajstić information content (AvgIpc) is 3.44. The van der Waals surface area contributed by atoms with Crippen LogP contribution in [0.25, 0.3) is 11.1 Å². The summed E-state index contributed by atoms with van der Waals surface area (Å²) < 4.78 is 5.69. The number of carboxylic acid groups (broad SMARTS) is 1. The molecule has 3 aliphatic rings. The molecule has 2 amide bonds. The Labute approximate surface area is 205 Å². The zero-order valence-corrected chi connectivity index (χ0v) is 19.8. The third kappa shape index (κ3) is 4.90. The Bertz CT molecular complexity index is 1070. The number of carbonyl (C=O) groups is 3. The molecule has 0 radical (unpaired) electrons. The molecule has 2 aliphatic carbocycles. The first-order chi connectivity index (χ1) is 17.0. The number of aliphatic carboxylic acids is 1. The minimum Gasteiger partial charge on any atom is -0.481 e. The molecule has 2 fully saturated rings. The zero-order chi connectivity index (χ0) is 24.4. The van der Waals surface area contributed by atoms with Gasteiger partial charge in [0.2, 0.25) is 5.91 Å². The maximum absolute atomic E-state index is 13.1. The van der Waals surface area contributed by atoms with E-state index >= 15 is 0 Å². The molecule has 1 aliphatic heterocycles. The SMILES string of the molecule is O=C(O)C[C@@H]1CCCN1C(=O)[C@H]1CCC[C@@H](NC(=O)OCC2c3ccccc3-c3ccccc32)C1. The molecule has 1 saturated heterocycles. The van der Waals surface area contributed by atoms with Crippen molar-refractivity contribution in [3.8, 4) is 11.1 Å². The molecule has 1 saturated carbocycles. The summed E-state index contributed by atoms with van der Waals surface area (Å²) in [5.74, 6) is -1.01. The molecule has 1 heterocycles. The van der Waals surface area contributed by atoms with Gasteiger partial charge in [-0.2, -0.15) is 0 Å². The van der Waals surface area contributed by atoms with Crippen LogP contribution in [-0.4, -0.2) is 53.2 Å². The fourth-order valence-electron chi connectivity index (χ4n) is 6.13. The molecule has 184 valence electrons. The Morgan fingerprint density at radius 3 is 2.31 bits per heavy atom. The second kappa shape index (κ2) is 10.1. The van der Waals surface area contributed by atoms with Crippen LogP contribution in [-0.2, 0) is 14.3 Å². The summed E-state index contributed by atoms with van der Waals surface area (Å²) >= 11 is 0. The fraction of sp³-hybridized carbons (Fsp3) is 0.464. The Morgan fingerprint density at radius 2 is 1.63 bits per heavy atom. The van der Waals surface area contributed by atoms with Crippen LogP contribution in [0.1, 0.15) is 62.0 Å². The number of carboxylic acids is 1. The van der Waals surface area contributed by atoms with E-state index in [0.29, 0.717) is 13.0 Å². The van der Waals surface area contributed by atoms with E-state index in [4.69, 9.17) is 9.84 Å². The molecule has 35 heavy (non-hydrogen) atoms. The number of ether oxygens (including phenoxy) is 1. The van der Waals surface area contributed by atoms with Crippen molar-refractivity contribution in [2.24, 2.45) is 5.92 Å². The van der Waals surface area contributed by atoms with E-state index in [1.807, 2.05) is 24.3 Å². The quantitative estimate of drug-likeness (QED) is 0.638. The molecule has 2 N–H and O–H groups in total. The van der Waals surface area contributed by atoms with Gasteiger partial charge >= 0.3 is 12.1 Å². The van der Waals surface area contributed by atoms with Crippen molar-refractivity contribution in [2.75, 3.05) is 13.2 Å². The second-order valence-electron chi connectivity index (χ2n) is 9.96. The van der Waals surface area contributed by atoms with Gasteiger partial charge < -0.3 is 20.1 Å². The molecule has 0 unspecified atom stereocenters. The molecule has 0 bridgehead atoms. The number of amides is 2. The van der Waals surface area contributed by atoms with Crippen LogP contribution in [0.15, 0.2) is 48.5 Å². The van der Waals surface area contributed by atoms with E-state index in [2.05, 4.69) is 29.6 Å². The summed E-state index contributed by atoms with van der Waals surface area (Å²) in [7, 11) is 0. The Morgan fingerprint density at radius 1 is 0.943 bits per heavy atom. The standard InChI is InChI=1S/C28H32N2O5/c31-26(32)16-20-9-6-14-30(20)27(33)18-7-5-8-19(15-18)29-28(34)35-17-25-23-12-3-1-10-21(23)22-11-2-4-13-24(22)25/h1-4,10-13,18-20,25H,5-9,14-17H2,(H,29,34)(H,31,32)/t18-,19+,20-/m0/s1. The molecule has 0 spiro atoms. The smallest absolute Gasteiger partial charge is 0.407 e. The number of benzene rings is 2. The van der Waals surface area contributed by atoms with Crippen LogP contribution in [0.5, 0.6) is 0 Å². The summed E-state index contributed by atoms with van der Waals surface area (Å²) in [6.45, 7) is 0.886. The van der Waals surface area contributed by atoms with Crippen LogP contribution in [0.2, 0.25) is 0 Å². The van der Waals surface area contributed by atoms with Gasteiger partial charge in [0, 0.05) is 30.5 Å². The van der Waals surface area contributed by atoms with Crippen LogP contribution in [0.3, 0.4) is 0 Å². The van der Waals surface area contributed by atoms with E-state index in [9.17, 15) is 14.4 Å². The predicted octanol–water partition coefficient (Wildman–Crippen LogP) is 4.55. The van der Waals surface area contributed by atoms with Crippen LogP contribution in [0, 0.1) is 5.92 Å². The minimum atomic E-state index is -0.867. The third-order valence-corrected chi connectivity index (χ3v) is 7.76. The topological polar surface area (TPSA) is 95.9 Å². The Hall–Kier alpha value is -3.35. The summed E-state index contributed by atoms with van der Waals surface area (Å²) in [4.78, 5) is 38.8. The molecule has 3 atom stereocenters. The number of rotatable bonds is 6. The van der Waals surface area contributed by atoms with Crippen molar-refractivity contribution in [3.05, 3.63) is 59.7 Å². The molecule has 7 heteroatoms.